The van der Waals surface area contributed by atoms with Gasteiger partial charge in [0.05, 0.1) is 23.1 Å². The summed E-state index contributed by atoms with van der Waals surface area (Å²) < 4.78 is 7.15. The van der Waals surface area contributed by atoms with E-state index in [0.29, 0.717) is 5.52 Å². The first-order chi connectivity index (χ1) is 17.2. The molecule has 0 saturated carbocycles. The van der Waals surface area contributed by atoms with Gasteiger partial charge in [-0.2, -0.15) is 0 Å². The number of carbonyl (C=O) groups excluding carboxylic acids is 3. The van der Waals surface area contributed by atoms with E-state index in [0.717, 1.165) is 39.4 Å². The second-order valence-electron chi connectivity index (χ2n) is 8.71. The minimum atomic E-state index is -0.644. The highest BCUT2D eigenvalue weighted by Crippen LogP contribution is 2.23. The van der Waals surface area contributed by atoms with Gasteiger partial charge in [-0.1, -0.05) is 35.9 Å². The van der Waals surface area contributed by atoms with Crippen LogP contribution in [0, 0.1) is 27.7 Å². The number of hydrogen-bond acceptors (Lipinski definition) is 5. The van der Waals surface area contributed by atoms with Crippen LogP contribution in [0.25, 0.3) is 16.7 Å². The monoisotopic (exact) mass is 484 g/mol. The van der Waals surface area contributed by atoms with Crippen LogP contribution in [-0.4, -0.2) is 40.5 Å². The van der Waals surface area contributed by atoms with Gasteiger partial charge in [-0.05, 0) is 69.2 Å². The van der Waals surface area contributed by atoms with E-state index in [4.69, 9.17) is 4.74 Å². The third-order valence-corrected chi connectivity index (χ3v) is 5.79. The first kappa shape index (κ1) is 24.7. The molecule has 8 heteroatoms. The van der Waals surface area contributed by atoms with Crippen molar-refractivity contribution in [1.82, 2.24) is 14.9 Å². The van der Waals surface area contributed by atoms with Crippen LogP contribution < -0.4 is 10.6 Å². The number of imidazole rings is 1. The Bertz CT molecular complexity index is 1430. The smallest absolute Gasteiger partial charge is 0.338 e. The van der Waals surface area contributed by atoms with Crippen LogP contribution in [0.4, 0.5) is 5.69 Å². The van der Waals surface area contributed by atoms with Crippen LogP contribution in [0.5, 0.6) is 0 Å². The van der Waals surface area contributed by atoms with E-state index in [1.807, 2.05) is 74.7 Å². The summed E-state index contributed by atoms with van der Waals surface area (Å²) in [5.41, 5.74) is 6.50. The molecule has 4 rings (SSSR count). The normalized spacial score (nSPS) is 10.8. The lowest BCUT2D eigenvalue weighted by atomic mass is 10.1. The highest BCUT2D eigenvalue weighted by Gasteiger charge is 2.15. The minimum absolute atomic E-state index is 0.231. The number of ether oxygens (including phenoxy) is 1. The zero-order valence-electron chi connectivity index (χ0n) is 20.7. The molecule has 2 amide bonds. The number of anilines is 1. The summed E-state index contributed by atoms with van der Waals surface area (Å²) in [7, 11) is 0. The molecule has 184 valence electrons. The summed E-state index contributed by atoms with van der Waals surface area (Å²) in [5, 5.41) is 5.29. The molecule has 2 N–H and O–H groups in total. The van der Waals surface area contributed by atoms with Gasteiger partial charge in [0.2, 0.25) is 5.91 Å². The highest BCUT2D eigenvalue weighted by atomic mass is 16.5. The van der Waals surface area contributed by atoms with Crippen LogP contribution in [0.2, 0.25) is 0 Å². The van der Waals surface area contributed by atoms with E-state index in [1.54, 1.807) is 18.2 Å². The number of carbonyl (C=O) groups is 3. The summed E-state index contributed by atoms with van der Waals surface area (Å²) in [6.07, 6.45) is 0. The number of para-hydroxylation sites is 1. The number of esters is 1. The van der Waals surface area contributed by atoms with Crippen molar-refractivity contribution in [3.05, 3.63) is 88.7 Å². The molecule has 0 atom stereocenters. The molecule has 1 heterocycles. The van der Waals surface area contributed by atoms with Gasteiger partial charge in [-0.3, -0.25) is 14.2 Å². The Morgan fingerprint density at radius 2 is 1.58 bits per heavy atom. The SMILES string of the molecule is Cc1cc(C)c(NC(=O)CNC(=O)COC(=O)c2ccc3c(c2)nc(C)n3-c2ccccc2)c(C)c1. The van der Waals surface area contributed by atoms with Crippen molar-refractivity contribution in [3.63, 3.8) is 0 Å². The Balaban J connectivity index is 1.32. The lowest BCUT2D eigenvalue weighted by Gasteiger charge is -2.13. The van der Waals surface area contributed by atoms with Gasteiger partial charge in [-0.15, -0.1) is 0 Å². The molecule has 0 aliphatic heterocycles. The molecule has 8 nitrogen and oxygen atoms in total. The first-order valence-electron chi connectivity index (χ1n) is 11.6. The second kappa shape index (κ2) is 10.4. The van der Waals surface area contributed by atoms with Gasteiger partial charge >= 0.3 is 5.97 Å². The standard InChI is InChI=1S/C28H28N4O4/c1-17-12-18(2)27(19(3)13-17)31-25(33)15-29-26(34)16-36-28(35)21-10-11-24-23(14-21)30-20(4)32(24)22-8-6-5-7-9-22/h5-14H,15-16H2,1-4H3,(H,29,34)(H,31,33). The van der Waals surface area contributed by atoms with Gasteiger partial charge < -0.3 is 15.4 Å². The fourth-order valence-electron chi connectivity index (χ4n) is 4.24. The van der Waals surface area contributed by atoms with Crippen LogP contribution in [0.3, 0.4) is 0 Å². The fraction of sp³-hybridized carbons (Fsp3) is 0.214. The van der Waals surface area contributed by atoms with Crippen molar-refractivity contribution < 1.29 is 19.1 Å². The molecule has 36 heavy (non-hydrogen) atoms. The van der Waals surface area contributed by atoms with Crippen molar-refractivity contribution >= 4 is 34.5 Å². The number of benzene rings is 3. The third kappa shape index (κ3) is 5.43. The predicted molar refractivity (Wildman–Crippen MR) is 138 cm³/mol. The minimum Gasteiger partial charge on any atom is -0.452 e. The van der Waals surface area contributed by atoms with Gasteiger partial charge in [0, 0.05) is 11.4 Å². The quantitative estimate of drug-likeness (QED) is 0.383. The van der Waals surface area contributed by atoms with Crippen LogP contribution >= 0.6 is 0 Å². The number of fused-ring (bicyclic) bond motifs is 1. The van der Waals surface area contributed by atoms with Gasteiger partial charge in [0.1, 0.15) is 5.82 Å². The lowest BCUT2D eigenvalue weighted by Crippen LogP contribution is -2.35. The molecule has 4 aromatic rings. The molecule has 0 aliphatic rings. The van der Waals surface area contributed by atoms with Crippen LogP contribution in [-0.2, 0) is 14.3 Å². The molecule has 0 spiro atoms. The van der Waals surface area contributed by atoms with E-state index in [1.165, 1.54) is 0 Å². The maximum absolute atomic E-state index is 12.5. The lowest BCUT2D eigenvalue weighted by molar-refractivity contribution is -0.126. The third-order valence-electron chi connectivity index (χ3n) is 5.79. The van der Waals surface area contributed by atoms with E-state index in [9.17, 15) is 14.4 Å². The zero-order chi connectivity index (χ0) is 25.8. The number of amides is 2. The number of aryl methyl sites for hydroxylation is 4. The Kier molecular flexibility index (Phi) is 7.15. The van der Waals surface area contributed by atoms with E-state index >= 15 is 0 Å². The summed E-state index contributed by atoms with van der Waals surface area (Å²) in [5.74, 6) is -0.787. The van der Waals surface area contributed by atoms with Crippen molar-refractivity contribution in [2.75, 3.05) is 18.5 Å². The molecule has 0 fully saturated rings. The Morgan fingerprint density at radius 1 is 0.889 bits per heavy atom. The molecule has 1 aromatic heterocycles. The second-order valence-corrected chi connectivity index (χ2v) is 8.71. The zero-order valence-corrected chi connectivity index (χ0v) is 20.7. The molecule has 0 unspecified atom stereocenters. The summed E-state index contributed by atoms with van der Waals surface area (Å²) in [6, 6.07) is 18.9. The fourth-order valence-corrected chi connectivity index (χ4v) is 4.24. The molecular formula is C28H28N4O4. The predicted octanol–water partition coefficient (Wildman–Crippen LogP) is 4.17. The topological polar surface area (TPSA) is 102 Å². The average molecular weight is 485 g/mol. The number of nitrogens with one attached hydrogen (secondary N) is 2. The average Bonchev–Trinajstić information content (AvgIpc) is 3.18. The summed E-state index contributed by atoms with van der Waals surface area (Å²) in [4.78, 5) is 41.5. The number of aromatic nitrogens is 2. The van der Waals surface area contributed by atoms with E-state index in [-0.39, 0.29) is 18.0 Å². The largest absolute Gasteiger partial charge is 0.452 e. The van der Waals surface area contributed by atoms with Crippen LogP contribution in [0.1, 0.15) is 32.9 Å². The van der Waals surface area contributed by atoms with E-state index < -0.39 is 18.5 Å². The van der Waals surface area contributed by atoms with E-state index in [2.05, 4.69) is 15.6 Å². The number of nitrogens with zero attached hydrogens (tertiary/aromatic N) is 2. The van der Waals surface area contributed by atoms with Gasteiger partial charge in [-0.25, -0.2) is 9.78 Å². The molecule has 0 bridgehead atoms. The molecular weight excluding hydrogens is 456 g/mol. The van der Waals surface area contributed by atoms with Crippen LogP contribution in [0.15, 0.2) is 60.7 Å². The van der Waals surface area contributed by atoms with Gasteiger partial charge in [0.15, 0.2) is 6.61 Å². The molecule has 3 aromatic carbocycles. The van der Waals surface area contributed by atoms with Crippen molar-refractivity contribution in [2.45, 2.75) is 27.7 Å². The van der Waals surface area contributed by atoms with Crippen molar-refractivity contribution in [3.8, 4) is 5.69 Å². The number of rotatable bonds is 7. The Labute approximate surface area is 209 Å². The van der Waals surface area contributed by atoms with Crippen molar-refractivity contribution in [1.29, 1.82) is 0 Å². The Morgan fingerprint density at radius 3 is 2.28 bits per heavy atom. The summed E-state index contributed by atoms with van der Waals surface area (Å²) >= 11 is 0. The molecule has 0 aliphatic carbocycles. The summed E-state index contributed by atoms with van der Waals surface area (Å²) in [6.45, 7) is 6.99. The molecule has 0 radical (unpaired) electrons. The number of hydrogen-bond donors (Lipinski definition) is 2. The van der Waals surface area contributed by atoms with Gasteiger partial charge in [0.25, 0.3) is 5.91 Å². The highest BCUT2D eigenvalue weighted by molar-refractivity contribution is 5.97. The Hall–Kier alpha value is -4.46. The maximum atomic E-state index is 12.5. The first-order valence-corrected chi connectivity index (χ1v) is 11.6. The molecule has 0 saturated heterocycles. The maximum Gasteiger partial charge on any atom is 0.338 e. The van der Waals surface area contributed by atoms with Crippen molar-refractivity contribution in [2.24, 2.45) is 0 Å².